The smallest absolute Gasteiger partial charge is 0.0105 e. The molecule has 1 heteroatoms. The van der Waals surface area contributed by atoms with E-state index in [0.29, 0.717) is 12.0 Å². The molecule has 0 saturated heterocycles. The fourth-order valence-corrected chi connectivity index (χ4v) is 1.39. The zero-order valence-corrected chi connectivity index (χ0v) is 8.53. The highest BCUT2D eigenvalue weighted by molar-refractivity contribution is 5.15. The summed E-state index contributed by atoms with van der Waals surface area (Å²) in [5.41, 5.74) is 7.40. The zero-order chi connectivity index (χ0) is 9.68. The number of benzene rings is 1. The van der Waals surface area contributed by atoms with Crippen LogP contribution in [0.3, 0.4) is 0 Å². The fourth-order valence-electron chi connectivity index (χ4n) is 1.39. The molecular formula is C12H19N. The van der Waals surface area contributed by atoms with Crippen LogP contribution in [0, 0.1) is 5.92 Å². The first-order chi connectivity index (χ1) is 6.24. The molecule has 0 aliphatic carbocycles. The molecule has 2 atom stereocenters. The van der Waals surface area contributed by atoms with E-state index in [-0.39, 0.29) is 0 Å². The van der Waals surface area contributed by atoms with Gasteiger partial charge in [0.05, 0.1) is 0 Å². The van der Waals surface area contributed by atoms with E-state index in [4.69, 9.17) is 5.73 Å². The van der Waals surface area contributed by atoms with Gasteiger partial charge >= 0.3 is 0 Å². The molecular weight excluding hydrogens is 158 g/mol. The number of rotatable bonds is 4. The molecule has 0 amide bonds. The monoisotopic (exact) mass is 177 g/mol. The SMILES string of the molecule is CC[C@@H](C)C(N)Cc1ccccc1. The predicted octanol–water partition coefficient (Wildman–Crippen LogP) is 2.60. The van der Waals surface area contributed by atoms with Crippen molar-refractivity contribution >= 4 is 0 Å². The molecule has 0 heterocycles. The maximum atomic E-state index is 6.06. The molecule has 0 aromatic heterocycles. The first kappa shape index (κ1) is 10.3. The van der Waals surface area contributed by atoms with Crippen LogP contribution in [-0.4, -0.2) is 6.04 Å². The molecule has 1 nitrogen and oxygen atoms in total. The Kier molecular flexibility index (Phi) is 3.97. The molecule has 1 unspecified atom stereocenters. The molecule has 13 heavy (non-hydrogen) atoms. The van der Waals surface area contributed by atoms with Crippen molar-refractivity contribution in [3.63, 3.8) is 0 Å². The van der Waals surface area contributed by atoms with Crippen molar-refractivity contribution in [2.45, 2.75) is 32.7 Å². The van der Waals surface area contributed by atoms with E-state index in [0.717, 1.165) is 12.8 Å². The Morgan fingerprint density at radius 3 is 2.38 bits per heavy atom. The van der Waals surface area contributed by atoms with Crippen molar-refractivity contribution in [2.75, 3.05) is 0 Å². The van der Waals surface area contributed by atoms with Crippen LogP contribution in [0.4, 0.5) is 0 Å². The Balaban J connectivity index is 2.50. The Morgan fingerprint density at radius 1 is 1.23 bits per heavy atom. The standard InChI is InChI=1S/C12H19N/c1-3-10(2)12(13)9-11-7-5-4-6-8-11/h4-8,10,12H,3,9,13H2,1-2H3/t10-,12?/m1/s1. The lowest BCUT2D eigenvalue weighted by Gasteiger charge is -2.17. The molecule has 0 radical (unpaired) electrons. The van der Waals surface area contributed by atoms with Gasteiger partial charge in [-0.25, -0.2) is 0 Å². The van der Waals surface area contributed by atoms with E-state index >= 15 is 0 Å². The van der Waals surface area contributed by atoms with Crippen LogP contribution in [-0.2, 0) is 6.42 Å². The third-order valence-electron chi connectivity index (χ3n) is 2.69. The van der Waals surface area contributed by atoms with Gasteiger partial charge in [0, 0.05) is 6.04 Å². The van der Waals surface area contributed by atoms with Crippen LogP contribution in [0.2, 0.25) is 0 Å². The van der Waals surface area contributed by atoms with Gasteiger partial charge in [0.2, 0.25) is 0 Å². The van der Waals surface area contributed by atoms with Gasteiger partial charge in [-0.15, -0.1) is 0 Å². The van der Waals surface area contributed by atoms with Gasteiger partial charge in [-0.1, -0.05) is 50.6 Å². The van der Waals surface area contributed by atoms with Crippen molar-refractivity contribution in [1.29, 1.82) is 0 Å². The Labute approximate surface area is 81.0 Å². The molecule has 0 fully saturated rings. The van der Waals surface area contributed by atoms with Gasteiger partial charge in [-0.3, -0.25) is 0 Å². The predicted molar refractivity (Wildman–Crippen MR) is 57.6 cm³/mol. The molecule has 1 rings (SSSR count). The van der Waals surface area contributed by atoms with Crippen LogP contribution in [0.1, 0.15) is 25.8 Å². The molecule has 0 aliphatic heterocycles. The summed E-state index contributed by atoms with van der Waals surface area (Å²) in [7, 11) is 0. The van der Waals surface area contributed by atoms with Gasteiger partial charge in [-0.05, 0) is 17.9 Å². The topological polar surface area (TPSA) is 26.0 Å². The highest BCUT2D eigenvalue weighted by Gasteiger charge is 2.10. The first-order valence-corrected chi connectivity index (χ1v) is 5.03. The van der Waals surface area contributed by atoms with E-state index in [1.807, 2.05) is 6.07 Å². The molecule has 0 saturated carbocycles. The maximum Gasteiger partial charge on any atom is 0.0105 e. The average Bonchev–Trinajstić information content (AvgIpc) is 2.18. The number of hydrogen-bond acceptors (Lipinski definition) is 1. The number of hydrogen-bond donors (Lipinski definition) is 1. The highest BCUT2D eigenvalue weighted by atomic mass is 14.6. The van der Waals surface area contributed by atoms with Crippen LogP contribution < -0.4 is 5.73 Å². The summed E-state index contributed by atoms with van der Waals surface area (Å²) < 4.78 is 0. The van der Waals surface area contributed by atoms with Gasteiger partial charge in [-0.2, -0.15) is 0 Å². The highest BCUT2D eigenvalue weighted by Crippen LogP contribution is 2.11. The average molecular weight is 177 g/mol. The lowest BCUT2D eigenvalue weighted by atomic mass is 9.94. The molecule has 1 aromatic carbocycles. The second kappa shape index (κ2) is 5.03. The minimum absolute atomic E-state index is 0.299. The summed E-state index contributed by atoms with van der Waals surface area (Å²) >= 11 is 0. The van der Waals surface area contributed by atoms with Crippen molar-refractivity contribution in [3.05, 3.63) is 35.9 Å². The second-order valence-corrected chi connectivity index (χ2v) is 3.74. The zero-order valence-electron chi connectivity index (χ0n) is 8.53. The largest absolute Gasteiger partial charge is 0.327 e. The summed E-state index contributed by atoms with van der Waals surface area (Å²) in [5, 5.41) is 0. The quantitative estimate of drug-likeness (QED) is 0.751. The molecule has 0 aliphatic rings. The van der Waals surface area contributed by atoms with E-state index < -0.39 is 0 Å². The minimum atomic E-state index is 0.299. The maximum absolute atomic E-state index is 6.06. The molecule has 0 spiro atoms. The summed E-state index contributed by atoms with van der Waals surface area (Å²) in [4.78, 5) is 0. The summed E-state index contributed by atoms with van der Waals surface area (Å²) in [6.45, 7) is 4.41. The van der Waals surface area contributed by atoms with Crippen molar-refractivity contribution in [3.8, 4) is 0 Å². The van der Waals surface area contributed by atoms with Crippen LogP contribution in [0.25, 0.3) is 0 Å². The van der Waals surface area contributed by atoms with Crippen LogP contribution in [0.15, 0.2) is 30.3 Å². The second-order valence-electron chi connectivity index (χ2n) is 3.74. The first-order valence-electron chi connectivity index (χ1n) is 5.03. The summed E-state index contributed by atoms with van der Waals surface area (Å²) in [6.07, 6.45) is 2.16. The molecule has 72 valence electrons. The van der Waals surface area contributed by atoms with Crippen LogP contribution in [0.5, 0.6) is 0 Å². The van der Waals surface area contributed by atoms with E-state index in [9.17, 15) is 0 Å². The van der Waals surface area contributed by atoms with Gasteiger partial charge in [0.25, 0.3) is 0 Å². The Morgan fingerprint density at radius 2 is 1.85 bits per heavy atom. The molecule has 1 aromatic rings. The lowest BCUT2D eigenvalue weighted by Crippen LogP contribution is -2.30. The fraction of sp³-hybridized carbons (Fsp3) is 0.500. The third-order valence-corrected chi connectivity index (χ3v) is 2.69. The van der Waals surface area contributed by atoms with Crippen molar-refractivity contribution in [2.24, 2.45) is 11.7 Å². The van der Waals surface area contributed by atoms with Gasteiger partial charge < -0.3 is 5.73 Å². The van der Waals surface area contributed by atoms with Gasteiger partial charge in [0.15, 0.2) is 0 Å². The van der Waals surface area contributed by atoms with Crippen molar-refractivity contribution < 1.29 is 0 Å². The minimum Gasteiger partial charge on any atom is -0.327 e. The molecule has 2 N–H and O–H groups in total. The molecule has 0 bridgehead atoms. The van der Waals surface area contributed by atoms with Gasteiger partial charge in [0.1, 0.15) is 0 Å². The Hall–Kier alpha value is -0.820. The normalized spacial score (nSPS) is 15.3. The number of nitrogens with two attached hydrogens (primary N) is 1. The van der Waals surface area contributed by atoms with E-state index in [1.54, 1.807) is 0 Å². The van der Waals surface area contributed by atoms with Crippen LogP contribution >= 0.6 is 0 Å². The Bertz CT molecular complexity index is 230. The third kappa shape index (κ3) is 3.19. The van der Waals surface area contributed by atoms with Crippen molar-refractivity contribution in [1.82, 2.24) is 0 Å². The lowest BCUT2D eigenvalue weighted by molar-refractivity contribution is 0.440. The van der Waals surface area contributed by atoms with E-state index in [2.05, 4.69) is 38.1 Å². The summed E-state index contributed by atoms with van der Waals surface area (Å²) in [6, 6.07) is 10.8. The van der Waals surface area contributed by atoms with E-state index in [1.165, 1.54) is 5.56 Å². The summed E-state index contributed by atoms with van der Waals surface area (Å²) in [5.74, 6) is 0.611.